The van der Waals surface area contributed by atoms with Gasteiger partial charge in [-0.15, -0.1) is 11.8 Å². The maximum Gasteiger partial charge on any atom is 0.0557 e. The number of benzene rings is 2. The van der Waals surface area contributed by atoms with Gasteiger partial charge in [-0.2, -0.15) is 0 Å². The number of rotatable bonds is 5. The van der Waals surface area contributed by atoms with Crippen molar-refractivity contribution in [1.29, 1.82) is 0 Å². The summed E-state index contributed by atoms with van der Waals surface area (Å²) in [6.45, 7) is 6.21. The lowest BCUT2D eigenvalue weighted by Gasteiger charge is -2.32. The average Bonchev–Trinajstić information content (AvgIpc) is 2.73. The standard InChI is InChI=1S/C23H20Cl2N2S/c1-16(27-10-9-18-5-2-3-6-19(18)14-27)20-11-17(12-26-13-20)15-28-23-21(24)7-4-8-22(23)25/h2-8,11-13H,1,9-10,14-15H2. The Morgan fingerprint density at radius 1 is 1.04 bits per heavy atom. The van der Waals surface area contributed by atoms with Crippen molar-refractivity contribution in [2.45, 2.75) is 23.6 Å². The summed E-state index contributed by atoms with van der Waals surface area (Å²) in [4.78, 5) is 7.67. The van der Waals surface area contributed by atoms with Gasteiger partial charge in [0.2, 0.25) is 0 Å². The molecule has 1 aliphatic rings. The van der Waals surface area contributed by atoms with Crippen molar-refractivity contribution in [3.8, 4) is 0 Å². The average molecular weight is 427 g/mol. The Labute approximate surface area is 180 Å². The fourth-order valence-electron chi connectivity index (χ4n) is 3.41. The molecule has 0 N–H and O–H groups in total. The fraction of sp³-hybridized carbons (Fsp3) is 0.174. The normalized spacial score (nSPS) is 13.3. The van der Waals surface area contributed by atoms with Crippen LogP contribution in [0.4, 0.5) is 0 Å². The van der Waals surface area contributed by atoms with Crippen molar-refractivity contribution in [2.24, 2.45) is 0 Å². The number of aromatic nitrogens is 1. The minimum atomic E-state index is 0.679. The topological polar surface area (TPSA) is 16.1 Å². The minimum absolute atomic E-state index is 0.679. The molecule has 142 valence electrons. The van der Waals surface area contributed by atoms with E-state index in [0.29, 0.717) is 10.0 Å². The van der Waals surface area contributed by atoms with E-state index in [4.69, 9.17) is 23.2 Å². The van der Waals surface area contributed by atoms with Gasteiger partial charge in [0.05, 0.1) is 10.0 Å². The van der Waals surface area contributed by atoms with Crippen LogP contribution in [-0.4, -0.2) is 16.4 Å². The first-order valence-corrected chi connectivity index (χ1v) is 10.9. The van der Waals surface area contributed by atoms with E-state index in [2.05, 4.69) is 46.8 Å². The van der Waals surface area contributed by atoms with Crippen LogP contribution in [0, 0.1) is 0 Å². The Kier molecular flexibility index (Phi) is 5.96. The van der Waals surface area contributed by atoms with Gasteiger partial charge in [0.15, 0.2) is 0 Å². The molecule has 3 aromatic rings. The molecule has 1 aliphatic heterocycles. The Balaban J connectivity index is 1.47. The van der Waals surface area contributed by atoms with Crippen LogP contribution in [-0.2, 0) is 18.7 Å². The van der Waals surface area contributed by atoms with Crippen LogP contribution in [0.15, 0.2) is 72.4 Å². The first kappa shape index (κ1) is 19.4. The molecular weight excluding hydrogens is 407 g/mol. The molecule has 28 heavy (non-hydrogen) atoms. The number of hydrogen-bond donors (Lipinski definition) is 0. The minimum Gasteiger partial charge on any atom is -0.367 e. The zero-order valence-electron chi connectivity index (χ0n) is 15.4. The highest BCUT2D eigenvalue weighted by molar-refractivity contribution is 7.98. The number of nitrogens with zero attached hydrogens (tertiary/aromatic N) is 2. The van der Waals surface area contributed by atoms with E-state index in [0.717, 1.165) is 47.0 Å². The van der Waals surface area contributed by atoms with Gasteiger partial charge in [0.1, 0.15) is 0 Å². The van der Waals surface area contributed by atoms with E-state index in [1.807, 2.05) is 30.6 Å². The van der Waals surface area contributed by atoms with Crippen molar-refractivity contribution < 1.29 is 0 Å². The number of fused-ring (bicyclic) bond motifs is 1. The summed E-state index contributed by atoms with van der Waals surface area (Å²) in [5, 5.41) is 1.36. The van der Waals surface area contributed by atoms with E-state index in [1.165, 1.54) is 11.1 Å². The number of halogens is 2. The molecule has 0 saturated heterocycles. The Morgan fingerprint density at radius 2 is 1.79 bits per heavy atom. The van der Waals surface area contributed by atoms with Gasteiger partial charge in [0, 0.05) is 47.4 Å². The summed E-state index contributed by atoms with van der Waals surface area (Å²) in [5.74, 6) is 0.750. The van der Waals surface area contributed by atoms with Gasteiger partial charge in [-0.05, 0) is 41.3 Å². The van der Waals surface area contributed by atoms with Gasteiger partial charge >= 0.3 is 0 Å². The number of thioether (sulfide) groups is 1. The van der Waals surface area contributed by atoms with Crippen molar-refractivity contribution in [3.63, 3.8) is 0 Å². The quantitative estimate of drug-likeness (QED) is 0.421. The molecule has 2 heterocycles. The third kappa shape index (κ3) is 4.22. The molecule has 4 rings (SSSR count). The Hall–Kier alpha value is -1.94. The van der Waals surface area contributed by atoms with E-state index in [1.54, 1.807) is 11.8 Å². The highest BCUT2D eigenvalue weighted by atomic mass is 35.5. The van der Waals surface area contributed by atoms with Crippen LogP contribution < -0.4 is 0 Å². The van der Waals surface area contributed by atoms with Crippen molar-refractivity contribution in [3.05, 3.63) is 99.8 Å². The van der Waals surface area contributed by atoms with Gasteiger partial charge in [-0.25, -0.2) is 0 Å². The molecule has 2 aromatic carbocycles. The second kappa shape index (κ2) is 8.60. The SMILES string of the molecule is C=C(c1cncc(CSc2c(Cl)cccc2Cl)c1)N1CCc2ccccc2C1. The van der Waals surface area contributed by atoms with Gasteiger partial charge in [0.25, 0.3) is 0 Å². The highest BCUT2D eigenvalue weighted by Gasteiger charge is 2.18. The summed E-state index contributed by atoms with van der Waals surface area (Å²) in [6, 6.07) is 16.4. The molecular formula is C23H20Cl2N2S. The molecule has 0 atom stereocenters. The second-order valence-corrected chi connectivity index (χ2v) is 8.61. The number of pyridine rings is 1. The molecule has 0 bridgehead atoms. The maximum absolute atomic E-state index is 6.28. The monoisotopic (exact) mass is 426 g/mol. The third-order valence-corrected chi connectivity index (χ3v) is 7.00. The predicted molar refractivity (Wildman–Crippen MR) is 120 cm³/mol. The second-order valence-electron chi connectivity index (χ2n) is 6.81. The zero-order chi connectivity index (χ0) is 19.5. The van der Waals surface area contributed by atoms with Crippen LogP contribution in [0.3, 0.4) is 0 Å². The van der Waals surface area contributed by atoms with E-state index in [9.17, 15) is 0 Å². The lowest BCUT2D eigenvalue weighted by atomic mass is 9.99. The smallest absolute Gasteiger partial charge is 0.0557 e. The highest BCUT2D eigenvalue weighted by Crippen LogP contribution is 2.36. The summed E-state index contributed by atoms with van der Waals surface area (Å²) < 4.78 is 0. The van der Waals surface area contributed by atoms with E-state index < -0.39 is 0 Å². The molecule has 0 unspecified atom stereocenters. The lowest BCUT2D eigenvalue weighted by Crippen LogP contribution is -2.28. The molecule has 2 nitrogen and oxygen atoms in total. The van der Waals surface area contributed by atoms with Crippen molar-refractivity contribution >= 4 is 40.7 Å². The molecule has 0 amide bonds. The summed E-state index contributed by atoms with van der Waals surface area (Å²) >= 11 is 14.2. The summed E-state index contributed by atoms with van der Waals surface area (Å²) in [5.41, 5.74) is 6.01. The molecule has 5 heteroatoms. The van der Waals surface area contributed by atoms with Crippen LogP contribution in [0.2, 0.25) is 10.0 Å². The van der Waals surface area contributed by atoms with E-state index >= 15 is 0 Å². The zero-order valence-corrected chi connectivity index (χ0v) is 17.7. The molecule has 0 spiro atoms. The van der Waals surface area contributed by atoms with Crippen LogP contribution in [0.25, 0.3) is 5.70 Å². The molecule has 0 saturated carbocycles. The van der Waals surface area contributed by atoms with Crippen LogP contribution >= 0.6 is 35.0 Å². The van der Waals surface area contributed by atoms with E-state index in [-0.39, 0.29) is 0 Å². The van der Waals surface area contributed by atoms with Crippen molar-refractivity contribution in [1.82, 2.24) is 9.88 Å². The first-order chi connectivity index (χ1) is 13.6. The van der Waals surface area contributed by atoms with Crippen LogP contribution in [0.1, 0.15) is 22.3 Å². The fourth-order valence-corrected chi connectivity index (χ4v) is 5.01. The third-order valence-electron chi connectivity index (χ3n) is 4.94. The van der Waals surface area contributed by atoms with Crippen LogP contribution in [0.5, 0.6) is 0 Å². The largest absolute Gasteiger partial charge is 0.367 e. The first-order valence-electron chi connectivity index (χ1n) is 9.13. The molecule has 0 radical (unpaired) electrons. The lowest BCUT2D eigenvalue weighted by molar-refractivity contribution is 0.374. The van der Waals surface area contributed by atoms with Crippen molar-refractivity contribution in [2.75, 3.05) is 6.54 Å². The van der Waals surface area contributed by atoms with Gasteiger partial charge < -0.3 is 4.90 Å². The summed E-state index contributed by atoms with van der Waals surface area (Å²) in [6.07, 6.45) is 4.82. The molecule has 0 fully saturated rings. The summed E-state index contributed by atoms with van der Waals surface area (Å²) in [7, 11) is 0. The maximum atomic E-state index is 6.28. The Morgan fingerprint density at radius 3 is 2.57 bits per heavy atom. The molecule has 1 aromatic heterocycles. The van der Waals surface area contributed by atoms with Gasteiger partial charge in [-0.1, -0.05) is 60.1 Å². The molecule has 0 aliphatic carbocycles. The number of hydrogen-bond acceptors (Lipinski definition) is 3. The predicted octanol–water partition coefficient (Wildman–Crippen LogP) is 6.71. The Bertz CT molecular complexity index is 999. The van der Waals surface area contributed by atoms with Gasteiger partial charge in [-0.3, -0.25) is 4.98 Å².